The van der Waals surface area contributed by atoms with Crippen molar-refractivity contribution in [1.29, 1.82) is 0 Å². The largest absolute Gasteiger partial charge is 0.494 e. The third kappa shape index (κ3) is 4.02. The van der Waals surface area contributed by atoms with E-state index in [9.17, 15) is 4.79 Å². The van der Waals surface area contributed by atoms with Gasteiger partial charge in [-0.2, -0.15) is 4.98 Å². The first kappa shape index (κ1) is 21.1. The van der Waals surface area contributed by atoms with Crippen molar-refractivity contribution in [3.05, 3.63) is 76.0 Å². The van der Waals surface area contributed by atoms with E-state index < -0.39 is 0 Å². The summed E-state index contributed by atoms with van der Waals surface area (Å²) in [7, 11) is 0. The van der Waals surface area contributed by atoms with E-state index in [1.807, 2.05) is 60.1 Å². The minimum atomic E-state index is -0.357. The molecule has 0 amide bonds. The number of ether oxygens (including phenoxy) is 1. The standard InChI is InChI=1S/C24H23ClN4O2S/c1-2-31-20-12-4-3-9-17(20)22-21-18(10-6-11-19(21)30)26-23-27-24(28-29(22)23)32-14-15-7-5-8-16(25)13-15/h3-5,7-9,12-13,22H,2,6,10-11,14H2,1H3,(H,26,27,28)/t22-/m0/s1. The number of anilines is 1. The van der Waals surface area contributed by atoms with Gasteiger partial charge in [0.15, 0.2) is 5.78 Å². The van der Waals surface area contributed by atoms with Crippen LogP contribution in [-0.4, -0.2) is 27.2 Å². The number of fused-ring (bicyclic) bond motifs is 1. The van der Waals surface area contributed by atoms with E-state index in [0.29, 0.717) is 34.9 Å². The average Bonchev–Trinajstić information content (AvgIpc) is 3.20. The van der Waals surface area contributed by atoms with E-state index in [1.165, 1.54) is 0 Å². The van der Waals surface area contributed by atoms with Crippen molar-refractivity contribution in [2.75, 3.05) is 11.9 Å². The Kier molecular flexibility index (Phi) is 5.93. The Hall–Kier alpha value is -2.77. The molecule has 0 spiro atoms. The van der Waals surface area contributed by atoms with Gasteiger partial charge < -0.3 is 10.1 Å². The second-order valence-corrected chi connectivity index (χ2v) is 9.13. The summed E-state index contributed by atoms with van der Waals surface area (Å²) in [6.45, 7) is 2.51. The maximum Gasteiger partial charge on any atom is 0.227 e. The molecule has 3 aromatic rings. The summed E-state index contributed by atoms with van der Waals surface area (Å²) >= 11 is 7.66. The number of rotatable bonds is 6. The van der Waals surface area contributed by atoms with Crippen molar-refractivity contribution in [2.45, 2.75) is 43.1 Å². The molecule has 0 unspecified atom stereocenters. The minimum Gasteiger partial charge on any atom is -0.494 e. The summed E-state index contributed by atoms with van der Waals surface area (Å²) in [5.41, 5.74) is 3.75. The van der Waals surface area contributed by atoms with Gasteiger partial charge in [0, 0.05) is 34.0 Å². The lowest BCUT2D eigenvalue weighted by atomic mass is 9.85. The molecule has 0 bridgehead atoms. The Morgan fingerprint density at radius 2 is 2.09 bits per heavy atom. The normalized spacial score (nSPS) is 17.6. The van der Waals surface area contributed by atoms with Crippen LogP contribution >= 0.6 is 23.4 Å². The zero-order valence-electron chi connectivity index (χ0n) is 17.7. The van der Waals surface area contributed by atoms with Gasteiger partial charge in [-0.1, -0.05) is 53.7 Å². The SMILES string of the molecule is CCOc1ccccc1[C@H]1C2=C(CCCC2=O)Nc2nc(SCc3cccc(Cl)c3)nn21. The number of carbonyl (C=O) groups is 1. The monoisotopic (exact) mass is 466 g/mol. The number of thioether (sulfide) groups is 1. The van der Waals surface area contributed by atoms with Gasteiger partial charge in [0.2, 0.25) is 11.1 Å². The fraction of sp³-hybridized carbons (Fsp3) is 0.292. The lowest BCUT2D eigenvalue weighted by Crippen LogP contribution is -2.31. The van der Waals surface area contributed by atoms with Crippen LogP contribution in [0.2, 0.25) is 5.02 Å². The molecule has 32 heavy (non-hydrogen) atoms. The first-order valence-electron chi connectivity index (χ1n) is 10.7. The number of hydrogen-bond donors (Lipinski definition) is 1. The molecule has 0 saturated carbocycles. The number of benzene rings is 2. The zero-order chi connectivity index (χ0) is 22.1. The topological polar surface area (TPSA) is 69.0 Å². The fourth-order valence-electron chi connectivity index (χ4n) is 4.25. The molecule has 1 aliphatic carbocycles. The Bertz CT molecular complexity index is 1210. The Labute approximate surface area is 196 Å². The third-order valence-corrected chi connectivity index (χ3v) is 6.76. The molecule has 1 aliphatic heterocycles. The minimum absolute atomic E-state index is 0.157. The summed E-state index contributed by atoms with van der Waals surface area (Å²) in [6.07, 6.45) is 2.22. The molecule has 2 heterocycles. The number of hydrogen-bond acceptors (Lipinski definition) is 6. The van der Waals surface area contributed by atoms with Crippen LogP contribution in [0.3, 0.4) is 0 Å². The molecule has 5 rings (SSSR count). The molecule has 2 aromatic carbocycles. The number of carbonyl (C=O) groups excluding carboxylic acids is 1. The van der Waals surface area contributed by atoms with Crippen molar-refractivity contribution in [2.24, 2.45) is 0 Å². The second-order valence-electron chi connectivity index (χ2n) is 7.75. The van der Waals surface area contributed by atoms with Crippen LogP contribution in [0.4, 0.5) is 5.95 Å². The van der Waals surface area contributed by atoms with Gasteiger partial charge in [-0.25, -0.2) is 4.68 Å². The highest BCUT2D eigenvalue weighted by molar-refractivity contribution is 7.98. The highest BCUT2D eigenvalue weighted by Crippen LogP contribution is 2.43. The van der Waals surface area contributed by atoms with E-state index >= 15 is 0 Å². The maximum absolute atomic E-state index is 13.0. The number of ketones is 1. The summed E-state index contributed by atoms with van der Waals surface area (Å²) in [5, 5.41) is 9.55. The van der Waals surface area contributed by atoms with Crippen LogP contribution in [-0.2, 0) is 10.5 Å². The molecular formula is C24H23ClN4O2S. The van der Waals surface area contributed by atoms with Gasteiger partial charge in [-0.15, -0.1) is 5.10 Å². The lowest BCUT2D eigenvalue weighted by Gasteiger charge is -2.32. The van der Waals surface area contributed by atoms with Gasteiger partial charge in [0.05, 0.1) is 6.61 Å². The quantitative estimate of drug-likeness (QED) is 0.474. The van der Waals surface area contributed by atoms with Crippen LogP contribution in [0.1, 0.15) is 43.4 Å². The Morgan fingerprint density at radius 1 is 1.22 bits per heavy atom. The molecule has 0 saturated heterocycles. The smallest absolute Gasteiger partial charge is 0.227 e. The number of nitrogens with one attached hydrogen (secondary N) is 1. The van der Waals surface area contributed by atoms with E-state index in [4.69, 9.17) is 26.4 Å². The predicted octanol–water partition coefficient (Wildman–Crippen LogP) is 5.64. The highest BCUT2D eigenvalue weighted by Gasteiger charge is 2.38. The van der Waals surface area contributed by atoms with E-state index in [2.05, 4.69) is 5.32 Å². The van der Waals surface area contributed by atoms with Gasteiger partial charge in [0.1, 0.15) is 11.8 Å². The van der Waals surface area contributed by atoms with E-state index in [0.717, 1.165) is 41.0 Å². The maximum atomic E-state index is 13.0. The Morgan fingerprint density at radius 3 is 2.94 bits per heavy atom. The number of Topliss-reactive ketones (excluding diaryl/α,β-unsaturated/α-hetero) is 1. The molecule has 2 aliphatic rings. The predicted molar refractivity (Wildman–Crippen MR) is 126 cm³/mol. The molecule has 8 heteroatoms. The number of nitrogens with zero attached hydrogens (tertiary/aromatic N) is 3. The van der Waals surface area contributed by atoms with Crippen molar-refractivity contribution in [3.8, 4) is 5.75 Å². The summed E-state index contributed by atoms with van der Waals surface area (Å²) < 4.78 is 7.74. The van der Waals surface area contributed by atoms with Crippen molar-refractivity contribution >= 4 is 35.1 Å². The molecule has 1 N–H and O–H groups in total. The number of para-hydroxylation sites is 1. The highest BCUT2D eigenvalue weighted by atomic mass is 35.5. The third-order valence-electron chi connectivity index (χ3n) is 5.62. The van der Waals surface area contributed by atoms with Crippen LogP contribution in [0.5, 0.6) is 5.75 Å². The van der Waals surface area contributed by atoms with Crippen LogP contribution < -0.4 is 10.1 Å². The van der Waals surface area contributed by atoms with Crippen molar-refractivity contribution in [3.63, 3.8) is 0 Å². The number of allylic oxidation sites excluding steroid dienone is 2. The van der Waals surface area contributed by atoms with Gasteiger partial charge in [-0.05, 0) is 43.5 Å². The molecule has 1 atom stereocenters. The zero-order valence-corrected chi connectivity index (χ0v) is 19.2. The summed E-state index contributed by atoms with van der Waals surface area (Å²) in [6, 6.07) is 15.3. The van der Waals surface area contributed by atoms with Gasteiger partial charge in [-0.3, -0.25) is 4.79 Å². The van der Waals surface area contributed by atoms with Crippen LogP contribution in [0.15, 0.2) is 65.0 Å². The molecule has 164 valence electrons. The molecule has 0 radical (unpaired) electrons. The molecule has 0 fully saturated rings. The van der Waals surface area contributed by atoms with Crippen molar-refractivity contribution in [1.82, 2.24) is 14.8 Å². The summed E-state index contributed by atoms with van der Waals surface area (Å²) in [5.74, 6) is 2.28. The summed E-state index contributed by atoms with van der Waals surface area (Å²) in [4.78, 5) is 17.8. The van der Waals surface area contributed by atoms with Gasteiger partial charge in [0.25, 0.3) is 0 Å². The Balaban J connectivity index is 1.53. The van der Waals surface area contributed by atoms with E-state index in [1.54, 1.807) is 11.8 Å². The first-order valence-corrected chi connectivity index (χ1v) is 12.1. The number of aromatic nitrogens is 3. The van der Waals surface area contributed by atoms with Crippen molar-refractivity contribution < 1.29 is 9.53 Å². The van der Waals surface area contributed by atoms with Crippen LogP contribution in [0, 0.1) is 0 Å². The average molecular weight is 467 g/mol. The van der Waals surface area contributed by atoms with E-state index in [-0.39, 0.29) is 11.8 Å². The second kappa shape index (κ2) is 9.00. The lowest BCUT2D eigenvalue weighted by molar-refractivity contribution is -0.116. The molecule has 1 aromatic heterocycles. The molecular weight excluding hydrogens is 444 g/mol. The molecule has 6 nitrogen and oxygen atoms in total. The van der Waals surface area contributed by atoms with Gasteiger partial charge >= 0.3 is 0 Å². The fourth-order valence-corrected chi connectivity index (χ4v) is 5.24. The number of halogens is 1. The first-order chi connectivity index (χ1) is 15.6. The van der Waals surface area contributed by atoms with Crippen LogP contribution in [0.25, 0.3) is 0 Å².